The van der Waals surface area contributed by atoms with Crippen LogP contribution in [-0.2, 0) is 25.7 Å². The maximum atomic E-state index is 13.9. The molecule has 10 nitrogen and oxygen atoms in total. The van der Waals surface area contributed by atoms with E-state index in [1.165, 1.54) is 0 Å². The van der Waals surface area contributed by atoms with Gasteiger partial charge in [-0.3, -0.25) is 24.0 Å². The van der Waals surface area contributed by atoms with Gasteiger partial charge in [0.25, 0.3) is 11.8 Å². The van der Waals surface area contributed by atoms with Gasteiger partial charge in [0.15, 0.2) is 5.76 Å². The number of hydrogen-bond acceptors (Lipinski definition) is 6. The zero-order chi connectivity index (χ0) is 31.8. The molecular weight excluding hydrogens is 572 g/mol. The van der Waals surface area contributed by atoms with Gasteiger partial charge in [0.2, 0.25) is 17.6 Å². The number of fused-ring (bicyclic) bond motifs is 1. The van der Waals surface area contributed by atoms with Crippen LogP contribution in [0.1, 0.15) is 79.5 Å². The van der Waals surface area contributed by atoms with Crippen molar-refractivity contribution in [3.05, 3.63) is 71.5 Å². The van der Waals surface area contributed by atoms with Gasteiger partial charge in [-0.05, 0) is 50.2 Å². The summed E-state index contributed by atoms with van der Waals surface area (Å²) in [5.41, 5.74) is 2.07. The summed E-state index contributed by atoms with van der Waals surface area (Å²) in [6, 6.07) is 14.3. The number of furan rings is 1. The van der Waals surface area contributed by atoms with Crippen LogP contribution in [0.15, 0.2) is 59.0 Å². The molecule has 1 aromatic heterocycles. The van der Waals surface area contributed by atoms with E-state index in [4.69, 9.17) is 4.42 Å². The van der Waals surface area contributed by atoms with Crippen molar-refractivity contribution in [2.24, 2.45) is 11.8 Å². The predicted octanol–water partition coefficient (Wildman–Crippen LogP) is 4.10. The third kappa shape index (κ3) is 8.17. The Labute approximate surface area is 263 Å². The number of piperidine rings is 1. The second-order valence-corrected chi connectivity index (χ2v) is 12.3. The molecule has 5 rings (SSSR count). The topological polar surface area (TPSA) is 147 Å². The largest absolute Gasteiger partial charge is 0.451 e. The number of ketones is 1. The molecule has 3 aromatic rings. The first kappa shape index (κ1) is 31.9. The number of aryl methyl sites for hydroxylation is 1. The van der Waals surface area contributed by atoms with Gasteiger partial charge in [-0.15, -0.1) is 0 Å². The molecule has 3 atom stereocenters. The van der Waals surface area contributed by atoms with E-state index in [1.54, 1.807) is 13.0 Å². The average molecular weight is 615 g/mol. The van der Waals surface area contributed by atoms with Crippen molar-refractivity contribution in [3.63, 3.8) is 0 Å². The maximum Gasteiger partial charge on any atom is 0.289 e. The Bertz CT molecular complexity index is 1530. The summed E-state index contributed by atoms with van der Waals surface area (Å²) >= 11 is 0. The van der Waals surface area contributed by atoms with E-state index >= 15 is 0 Å². The van der Waals surface area contributed by atoms with Crippen LogP contribution >= 0.6 is 0 Å². The fourth-order valence-corrected chi connectivity index (χ4v) is 6.47. The van der Waals surface area contributed by atoms with E-state index < -0.39 is 41.5 Å². The van der Waals surface area contributed by atoms with Crippen molar-refractivity contribution in [2.45, 2.75) is 83.3 Å². The molecule has 10 heteroatoms. The highest BCUT2D eigenvalue weighted by Gasteiger charge is 2.36. The first-order valence-electron chi connectivity index (χ1n) is 16.0. The van der Waals surface area contributed by atoms with Gasteiger partial charge < -0.3 is 25.7 Å². The Balaban J connectivity index is 1.35. The summed E-state index contributed by atoms with van der Waals surface area (Å²) in [5.74, 6) is -3.13. The van der Waals surface area contributed by atoms with Crippen molar-refractivity contribution in [2.75, 3.05) is 6.54 Å². The first-order chi connectivity index (χ1) is 21.8. The third-order valence-corrected chi connectivity index (χ3v) is 9.04. The molecule has 4 N–H and O–H groups in total. The molecule has 0 radical (unpaired) electrons. The van der Waals surface area contributed by atoms with Gasteiger partial charge in [-0.1, -0.05) is 80.6 Å². The Kier molecular flexibility index (Phi) is 10.7. The number of carbonyl (C=O) groups excluding carboxylic acids is 5. The number of carbonyl (C=O) groups is 5. The van der Waals surface area contributed by atoms with Gasteiger partial charge >= 0.3 is 0 Å². The molecule has 3 unspecified atom stereocenters. The van der Waals surface area contributed by atoms with Crippen molar-refractivity contribution < 1.29 is 28.4 Å². The smallest absolute Gasteiger partial charge is 0.289 e. The predicted molar refractivity (Wildman–Crippen MR) is 169 cm³/mol. The molecule has 1 aliphatic carbocycles. The normalized spacial score (nSPS) is 18.4. The van der Waals surface area contributed by atoms with E-state index in [0.717, 1.165) is 49.5 Å². The van der Waals surface area contributed by atoms with Crippen LogP contribution < -0.4 is 21.3 Å². The fourth-order valence-electron chi connectivity index (χ4n) is 6.47. The lowest BCUT2D eigenvalue weighted by Gasteiger charge is -2.29. The lowest BCUT2D eigenvalue weighted by atomic mass is 9.84. The summed E-state index contributed by atoms with van der Waals surface area (Å²) in [5, 5.41) is 11.9. The van der Waals surface area contributed by atoms with Gasteiger partial charge in [-0.25, -0.2) is 0 Å². The number of para-hydroxylation sites is 1. The number of rotatable bonds is 12. The molecule has 2 fully saturated rings. The summed E-state index contributed by atoms with van der Waals surface area (Å²) in [7, 11) is 0. The monoisotopic (exact) mass is 614 g/mol. The Hall–Kier alpha value is -4.47. The van der Waals surface area contributed by atoms with Crippen LogP contribution in [0.4, 0.5) is 0 Å². The Morgan fingerprint density at radius 3 is 2.33 bits per heavy atom. The molecule has 1 aliphatic heterocycles. The lowest BCUT2D eigenvalue weighted by Crippen LogP contribution is -2.55. The van der Waals surface area contributed by atoms with Crippen LogP contribution in [0.25, 0.3) is 11.0 Å². The second-order valence-electron chi connectivity index (χ2n) is 12.3. The van der Waals surface area contributed by atoms with E-state index in [9.17, 15) is 24.0 Å². The number of amides is 4. The van der Waals surface area contributed by atoms with Crippen molar-refractivity contribution in [1.29, 1.82) is 0 Å². The molecule has 238 valence electrons. The van der Waals surface area contributed by atoms with Crippen LogP contribution in [0.5, 0.6) is 0 Å². The van der Waals surface area contributed by atoms with Crippen LogP contribution in [0.3, 0.4) is 0 Å². The number of nitrogens with one attached hydrogen (secondary N) is 4. The summed E-state index contributed by atoms with van der Waals surface area (Å²) in [6.45, 7) is 2.50. The van der Waals surface area contributed by atoms with Gasteiger partial charge in [0, 0.05) is 30.0 Å². The van der Waals surface area contributed by atoms with Crippen LogP contribution in [0, 0.1) is 18.8 Å². The quantitative estimate of drug-likeness (QED) is 0.226. The molecular formula is C35H42N4O6. The molecule has 2 aliphatic rings. The molecule has 4 amide bonds. The molecule has 1 saturated heterocycles. The van der Waals surface area contributed by atoms with E-state index in [0.29, 0.717) is 30.5 Å². The number of Topliss-reactive ketones (excluding diaryl/α,β-unsaturated/α-hetero) is 1. The molecule has 0 bridgehead atoms. The standard InChI is InChI=1S/C35H42N4O6/c1-22-26-16-8-9-17-29(26)45-31(22)35(44)39-28(19-23-11-4-2-5-12-23)33(42)38-27(20-25-15-10-18-36-32(25)41)30(40)34(43)37-21-24-13-6-3-7-14-24/h3,6-9,13-14,16-17,23,25,27-28H,2,4-5,10-12,15,18-21H2,1H3,(H,36,41)(H,37,43)(H,38,42)(H,39,44). The maximum absolute atomic E-state index is 13.9. The Morgan fingerprint density at radius 1 is 0.867 bits per heavy atom. The first-order valence-corrected chi connectivity index (χ1v) is 16.0. The Morgan fingerprint density at radius 2 is 1.60 bits per heavy atom. The highest BCUT2D eigenvalue weighted by atomic mass is 16.3. The molecule has 2 heterocycles. The van der Waals surface area contributed by atoms with Crippen LogP contribution in [0.2, 0.25) is 0 Å². The highest BCUT2D eigenvalue weighted by molar-refractivity contribution is 6.38. The minimum absolute atomic E-state index is 0.0120. The molecule has 1 saturated carbocycles. The van der Waals surface area contributed by atoms with Gasteiger partial charge in [0.1, 0.15) is 11.6 Å². The SMILES string of the molecule is Cc1c(C(=O)NC(CC2CCCCC2)C(=O)NC(CC2CCCNC2=O)C(=O)C(=O)NCc2ccccc2)oc2ccccc12. The van der Waals surface area contributed by atoms with Crippen molar-refractivity contribution in [3.8, 4) is 0 Å². The van der Waals surface area contributed by atoms with Gasteiger partial charge in [0.05, 0.1) is 6.04 Å². The molecule has 0 spiro atoms. The fraction of sp³-hybridized carbons (Fsp3) is 0.457. The third-order valence-electron chi connectivity index (χ3n) is 9.04. The summed E-state index contributed by atoms with van der Waals surface area (Å²) in [6.07, 6.45) is 6.78. The van der Waals surface area contributed by atoms with E-state index in [1.807, 2.05) is 48.5 Å². The van der Waals surface area contributed by atoms with Crippen LogP contribution in [-0.4, -0.2) is 48.0 Å². The molecule has 2 aromatic carbocycles. The lowest BCUT2D eigenvalue weighted by molar-refractivity contribution is -0.141. The molecule has 45 heavy (non-hydrogen) atoms. The minimum Gasteiger partial charge on any atom is -0.451 e. The number of hydrogen-bond donors (Lipinski definition) is 4. The van der Waals surface area contributed by atoms with Crippen molar-refractivity contribution >= 4 is 40.4 Å². The zero-order valence-electron chi connectivity index (χ0n) is 25.7. The van der Waals surface area contributed by atoms with Crippen molar-refractivity contribution in [1.82, 2.24) is 21.3 Å². The highest BCUT2D eigenvalue weighted by Crippen LogP contribution is 2.29. The summed E-state index contributed by atoms with van der Waals surface area (Å²) in [4.78, 5) is 66.7. The van der Waals surface area contributed by atoms with Gasteiger partial charge in [-0.2, -0.15) is 0 Å². The second kappa shape index (κ2) is 15.0. The van der Waals surface area contributed by atoms with E-state index in [-0.39, 0.29) is 30.6 Å². The number of benzene rings is 2. The average Bonchev–Trinajstić information content (AvgIpc) is 3.40. The van der Waals surface area contributed by atoms with E-state index in [2.05, 4.69) is 21.3 Å². The minimum atomic E-state index is -1.24. The zero-order valence-corrected chi connectivity index (χ0v) is 25.7. The summed E-state index contributed by atoms with van der Waals surface area (Å²) < 4.78 is 5.86.